The van der Waals surface area contributed by atoms with Gasteiger partial charge in [-0.1, -0.05) is 49.6 Å². The molecule has 1 aliphatic rings. The summed E-state index contributed by atoms with van der Waals surface area (Å²) in [6, 6.07) is 11.6. The van der Waals surface area contributed by atoms with Crippen LogP contribution < -0.4 is 10.1 Å². The maximum atomic E-state index is 12.8. The van der Waals surface area contributed by atoms with Crippen molar-refractivity contribution >= 4 is 16.7 Å². The van der Waals surface area contributed by atoms with E-state index < -0.39 is 6.10 Å². The number of rotatable bonds is 6. The van der Waals surface area contributed by atoms with Gasteiger partial charge in [0.1, 0.15) is 5.75 Å². The van der Waals surface area contributed by atoms with Gasteiger partial charge in [0.25, 0.3) is 5.91 Å². The fraction of sp³-hybridized carbons (Fsp3) is 0.476. The van der Waals surface area contributed by atoms with Crippen molar-refractivity contribution in [1.29, 1.82) is 0 Å². The van der Waals surface area contributed by atoms with Gasteiger partial charge in [0.05, 0.1) is 18.3 Å². The highest BCUT2D eigenvalue weighted by molar-refractivity contribution is 6.09. The lowest BCUT2D eigenvalue weighted by Crippen LogP contribution is -2.37. The second-order valence-corrected chi connectivity index (χ2v) is 6.77. The number of amides is 1. The summed E-state index contributed by atoms with van der Waals surface area (Å²) < 4.78 is 5.67. The zero-order valence-electron chi connectivity index (χ0n) is 14.8. The van der Waals surface area contributed by atoms with E-state index in [0.29, 0.717) is 23.8 Å². The van der Waals surface area contributed by atoms with E-state index in [1.54, 1.807) is 0 Å². The Morgan fingerprint density at radius 1 is 1.20 bits per heavy atom. The van der Waals surface area contributed by atoms with Crippen LogP contribution in [0.15, 0.2) is 36.4 Å². The summed E-state index contributed by atoms with van der Waals surface area (Å²) in [7, 11) is 0. The summed E-state index contributed by atoms with van der Waals surface area (Å²) in [4.78, 5) is 12.8. The Bertz CT molecular complexity index is 722. The molecule has 0 aliphatic heterocycles. The lowest BCUT2D eigenvalue weighted by Gasteiger charge is -2.26. The van der Waals surface area contributed by atoms with Gasteiger partial charge < -0.3 is 15.2 Å². The topological polar surface area (TPSA) is 58.6 Å². The van der Waals surface area contributed by atoms with Gasteiger partial charge in [-0.15, -0.1) is 0 Å². The quantitative estimate of drug-likeness (QED) is 0.837. The number of hydrogen-bond acceptors (Lipinski definition) is 3. The summed E-state index contributed by atoms with van der Waals surface area (Å²) in [6.45, 7) is 2.70. The molecule has 25 heavy (non-hydrogen) atoms. The highest BCUT2D eigenvalue weighted by Crippen LogP contribution is 2.29. The molecule has 0 spiro atoms. The Morgan fingerprint density at radius 2 is 1.96 bits per heavy atom. The van der Waals surface area contributed by atoms with E-state index in [0.717, 1.165) is 23.6 Å². The first-order valence-electron chi connectivity index (χ1n) is 9.31. The number of benzene rings is 2. The summed E-state index contributed by atoms with van der Waals surface area (Å²) >= 11 is 0. The first-order valence-corrected chi connectivity index (χ1v) is 9.31. The lowest BCUT2D eigenvalue weighted by atomic mass is 9.85. The third kappa shape index (κ3) is 4.13. The molecule has 1 saturated carbocycles. The molecule has 0 unspecified atom stereocenters. The van der Waals surface area contributed by atoms with E-state index in [4.69, 9.17) is 4.74 Å². The van der Waals surface area contributed by atoms with E-state index in [1.165, 1.54) is 19.3 Å². The van der Waals surface area contributed by atoms with Gasteiger partial charge >= 0.3 is 0 Å². The zero-order chi connectivity index (χ0) is 17.6. The van der Waals surface area contributed by atoms with Crippen LogP contribution in [-0.2, 0) is 0 Å². The molecule has 0 bridgehead atoms. The average Bonchev–Trinajstić information content (AvgIpc) is 2.66. The van der Waals surface area contributed by atoms with Crippen LogP contribution in [0, 0.1) is 5.92 Å². The summed E-state index contributed by atoms with van der Waals surface area (Å²) in [6.07, 6.45) is 5.23. The minimum absolute atomic E-state index is 0.185. The monoisotopic (exact) mass is 341 g/mol. The predicted octanol–water partition coefficient (Wildman–Crippen LogP) is 3.91. The van der Waals surface area contributed by atoms with Crippen molar-refractivity contribution in [3.05, 3.63) is 42.0 Å². The normalized spacial score (nSPS) is 16.6. The van der Waals surface area contributed by atoms with Crippen LogP contribution in [0.1, 0.15) is 49.4 Å². The van der Waals surface area contributed by atoms with Gasteiger partial charge in [-0.05, 0) is 42.5 Å². The molecule has 134 valence electrons. The van der Waals surface area contributed by atoms with Gasteiger partial charge in [-0.2, -0.15) is 0 Å². The van der Waals surface area contributed by atoms with Crippen molar-refractivity contribution in [1.82, 2.24) is 5.32 Å². The van der Waals surface area contributed by atoms with Crippen molar-refractivity contribution in [3.63, 3.8) is 0 Å². The molecule has 0 saturated heterocycles. The summed E-state index contributed by atoms with van der Waals surface area (Å²) in [5, 5.41) is 15.2. The van der Waals surface area contributed by atoms with Gasteiger partial charge in [0.15, 0.2) is 0 Å². The molecule has 2 N–H and O–H groups in total. The van der Waals surface area contributed by atoms with E-state index in [9.17, 15) is 9.90 Å². The fourth-order valence-corrected chi connectivity index (χ4v) is 3.73. The maximum absolute atomic E-state index is 12.8. The molecule has 0 heterocycles. The third-order valence-electron chi connectivity index (χ3n) is 5.08. The fourth-order valence-electron chi connectivity index (χ4n) is 3.73. The minimum Gasteiger partial charge on any atom is -0.493 e. The van der Waals surface area contributed by atoms with Crippen LogP contribution in [-0.4, -0.2) is 30.3 Å². The Labute approximate surface area is 149 Å². The third-order valence-corrected chi connectivity index (χ3v) is 5.08. The van der Waals surface area contributed by atoms with Gasteiger partial charge in [0.2, 0.25) is 0 Å². The maximum Gasteiger partial charge on any atom is 0.255 e. The number of aliphatic hydroxyl groups is 1. The Hall–Kier alpha value is -2.07. The van der Waals surface area contributed by atoms with E-state index in [1.807, 2.05) is 43.3 Å². The standard InChI is InChI=1S/C21H27NO3/c1-2-25-19-13-12-15-8-6-7-11-17(15)20(19)21(24)22-14-18(23)16-9-4-3-5-10-16/h6-8,11-13,16,18,23H,2-5,9-10,14H2,1H3,(H,22,24)/t18-/m0/s1. The van der Waals surface area contributed by atoms with E-state index in [2.05, 4.69) is 5.32 Å². The number of nitrogens with one attached hydrogen (secondary N) is 1. The van der Waals surface area contributed by atoms with Crippen molar-refractivity contribution in [2.24, 2.45) is 5.92 Å². The van der Waals surface area contributed by atoms with E-state index in [-0.39, 0.29) is 12.5 Å². The van der Waals surface area contributed by atoms with Crippen molar-refractivity contribution in [3.8, 4) is 5.75 Å². The molecule has 4 nitrogen and oxygen atoms in total. The minimum atomic E-state index is -0.477. The lowest BCUT2D eigenvalue weighted by molar-refractivity contribution is 0.0737. The zero-order valence-corrected chi connectivity index (χ0v) is 14.8. The number of hydrogen-bond donors (Lipinski definition) is 2. The molecular weight excluding hydrogens is 314 g/mol. The number of carbonyl (C=O) groups is 1. The van der Waals surface area contributed by atoms with Gasteiger partial charge in [0, 0.05) is 6.54 Å². The first kappa shape index (κ1) is 17.7. The number of carbonyl (C=O) groups excluding carboxylic acids is 1. The van der Waals surface area contributed by atoms with Crippen molar-refractivity contribution < 1.29 is 14.6 Å². The molecule has 0 radical (unpaired) electrons. The van der Waals surface area contributed by atoms with Crippen LogP contribution in [0.2, 0.25) is 0 Å². The Balaban J connectivity index is 1.77. The molecule has 1 fully saturated rings. The van der Waals surface area contributed by atoms with Crippen LogP contribution in [0.4, 0.5) is 0 Å². The molecule has 1 atom stereocenters. The molecule has 1 amide bonds. The van der Waals surface area contributed by atoms with Gasteiger partial charge in [-0.25, -0.2) is 0 Å². The van der Waals surface area contributed by atoms with Crippen LogP contribution in [0.3, 0.4) is 0 Å². The number of aliphatic hydroxyl groups excluding tert-OH is 1. The summed E-state index contributed by atoms with van der Waals surface area (Å²) in [5.74, 6) is 0.703. The largest absolute Gasteiger partial charge is 0.493 e. The highest BCUT2D eigenvalue weighted by atomic mass is 16.5. The molecule has 2 aromatic carbocycles. The number of fused-ring (bicyclic) bond motifs is 1. The molecule has 3 rings (SSSR count). The molecule has 1 aliphatic carbocycles. The highest BCUT2D eigenvalue weighted by Gasteiger charge is 2.23. The smallest absolute Gasteiger partial charge is 0.255 e. The van der Waals surface area contributed by atoms with Crippen LogP contribution in [0.5, 0.6) is 5.75 Å². The second kappa shape index (κ2) is 8.34. The van der Waals surface area contributed by atoms with Gasteiger partial charge in [-0.3, -0.25) is 4.79 Å². The van der Waals surface area contributed by atoms with Crippen LogP contribution >= 0.6 is 0 Å². The van der Waals surface area contributed by atoms with Crippen molar-refractivity contribution in [2.75, 3.05) is 13.2 Å². The first-order chi connectivity index (χ1) is 12.2. The van der Waals surface area contributed by atoms with E-state index >= 15 is 0 Å². The number of ether oxygens (including phenoxy) is 1. The predicted molar refractivity (Wildman–Crippen MR) is 100 cm³/mol. The molecule has 2 aromatic rings. The molecule has 0 aromatic heterocycles. The Morgan fingerprint density at radius 3 is 2.72 bits per heavy atom. The average molecular weight is 341 g/mol. The van der Waals surface area contributed by atoms with Crippen LogP contribution in [0.25, 0.3) is 10.8 Å². The Kier molecular flexibility index (Phi) is 5.92. The SMILES string of the molecule is CCOc1ccc2ccccc2c1C(=O)NC[C@H](O)C1CCCCC1. The van der Waals surface area contributed by atoms with Crippen molar-refractivity contribution in [2.45, 2.75) is 45.1 Å². The molecule has 4 heteroatoms. The molecular formula is C21H27NO3. The second-order valence-electron chi connectivity index (χ2n) is 6.77. The summed E-state index contributed by atoms with van der Waals surface area (Å²) in [5.41, 5.74) is 0.552.